The van der Waals surface area contributed by atoms with Crippen molar-refractivity contribution >= 4 is 17.4 Å². The molecule has 1 N–H and O–H groups in total. The molecule has 1 amide bonds. The third kappa shape index (κ3) is 5.69. The highest BCUT2D eigenvalue weighted by atomic mass is 16.5. The van der Waals surface area contributed by atoms with Crippen molar-refractivity contribution in [1.82, 2.24) is 4.90 Å². The number of unbranched alkanes of at least 4 members (excludes halogenated alkanes) is 1. The second-order valence-electron chi connectivity index (χ2n) is 8.99. The molecule has 2 heterocycles. The number of hydrogen-bond acceptors (Lipinski definition) is 7. The maximum absolute atomic E-state index is 13.3. The maximum Gasteiger partial charge on any atom is 0.296 e. The smallest absolute Gasteiger partial charge is 0.296 e. The predicted molar refractivity (Wildman–Crippen MR) is 142 cm³/mol. The van der Waals surface area contributed by atoms with Gasteiger partial charge in [-0.1, -0.05) is 26.3 Å². The van der Waals surface area contributed by atoms with Crippen LogP contribution in [0, 0.1) is 0 Å². The van der Waals surface area contributed by atoms with Gasteiger partial charge in [0.25, 0.3) is 11.7 Å². The van der Waals surface area contributed by atoms with E-state index in [1.165, 1.54) is 18.3 Å². The molecule has 1 saturated heterocycles. The molecule has 38 heavy (non-hydrogen) atoms. The number of furan rings is 1. The number of hydrogen-bond donors (Lipinski definition) is 1. The molecule has 1 aliphatic rings. The van der Waals surface area contributed by atoms with Crippen LogP contribution in [0.25, 0.3) is 5.76 Å². The molecule has 1 unspecified atom stereocenters. The fraction of sp³-hybridized carbons (Fsp3) is 0.333. The minimum atomic E-state index is -0.866. The second-order valence-corrected chi connectivity index (χ2v) is 8.99. The molecule has 0 spiro atoms. The van der Waals surface area contributed by atoms with Crippen LogP contribution in [0.2, 0.25) is 0 Å². The number of amides is 1. The number of aliphatic hydroxyl groups excluding tert-OH is 1. The Hall–Kier alpha value is -4.20. The summed E-state index contributed by atoms with van der Waals surface area (Å²) >= 11 is 0. The second kappa shape index (κ2) is 12.4. The van der Waals surface area contributed by atoms with E-state index in [1.54, 1.807) is 54.6 Å². The van der Waals surface area contributed by atoms with E-state index >= 15 is 0 Å². The van der Waals surface area contributed by atoms with E-state index in [1.807, 2.05) is 6.92 Å². The van der Waals surface area contributed by atoms with Crippen molar-refractivity contribution in [3.63, 3.8) is 0 Å². The minimum Gasteiger partial charge on any atom is -0.507 e. The zero-order valence-corrected chi connectivity index (χ0v) is 21.9. The average Bonchev–Trinajstić information content (AvgIpc) is 3.54. The first-order valence-electron chi connectivity index (χ1n) is 12.8. The Labute approximate surface area is 222 Å². The van der Waals surface area contributed by atoms with Crippen LogP contribution in [0.15, 0.2) is 70.9 Å². The van der Waals surface area contributed by atoms with Gasteiger partial charge in [0, 0.05) is 5.56 Å². The molecular formula is C30H33NO7. The number of nitrogens with zero attached hydrogens (tertiary/aromatic N) is 1. The van der Waals surface area contributed by atoms with Crippen LogP contribution < -0.4 is 14.2 Å². The standard InChI is InChI=1S/C30H33NO7/c1-4-6-16-38-24-14-11-21(18-25(24)35-3)27-26(28(32)20-9-12-22(13-10-20)36-15-5-2)29(33)30(34)31(27)19-23-8-7-17-37-23/h7-14,17-18,27,32H,4-6,15-16,19H2,1-3H3/b28-26-. The lowest BCUT2D eigenvalue weighted by atomic mass is 9.95. The zero-order chi connectivity index (χ0) is 27.1. The number of rotatable bonds is 12. The normalized spacial score (nSPS) is 16.6. The Bertz CT molecular complexity index is 1280. The summed E-state index contributed by atoms with van der Waals surface area (Å²) in [4.78, 5) is 28.0. The Morgan fingerprint density at radius 2 is 1.76 bits per heavy atom. The van der Waals surface area contributed by atoms with Crippen LogP contribution in [-0.4, -0.2) is 42.0 Å². The number of methoxy groups -OCH3 is 1. The Morgan fingerprint density at radius 1 is 0.974 bits per heavy atom. The van der Waals surface area contributed by atoms with Crippen molar-refractivity contribution in [3.8, 4) is 17.2 Å². The molecule has 4 rings (SSSR count). The van der Waals surface area contributed by atoms with Crippen LogP contribution in [-0.2, 0) is 16.1 Å². The Morgan fingerprint density at radius 3 is 2.42 bits per heavy atom. The van der Waals surface area contributed by atoms with Gasteiger partial charge in [-0.2, -0.15) is 0 Å². The molecule has 0 radical (unpaired) electrons. The summed E-state index contributed by atoms with van der Waals surface area (Å²) in [6, 6.07) is 14.7. The van der Waals surface area contributed by atoms with Crippen molar-refractivity contribution in [1.29, 1.82) is 0 Å². The topological polar surface area (TPSA) is 98.4 Å². The van der Waals surface area contributed by atoms with Gasteiger partial charge in [0.2, 0.25) is 0 Å². The van der Waals surface area contributed by atoms with E-state index < -0.39 is 17.7 Å². The highest BCUT2D eigenvalue weighted by Gasteiger charge is 2.46. The molecule has 0 aliphatic carbocycles. The van der Waals surface area contributed by atoms with E-state index in [2.05, 4.69) is 6.92 Å². The average molecular weight is 520 g/mol. The highest BCUT2D eigenvalue weighted by molar-refractivity contribution is 6.46. The fourth-order valence-corrected chi connectivity index (χ4v) is 4.34. The first-order chi connectivity index (χ1) is 18.5. The molecule has 0 bridgehead atoms. The number of likely N-dealkylation sites (tertiary alicyclic amines) is 1. The predicted octanol–water partition coefficient (Wildman–Crippen LogP) is 5.88. The number of benzene rings is 2. The van der Waals surface area contributed by atoms with Gasteiger partial charge < -0.3 is 28.6 Å². The molecule has 1 aromatic heterocycles. The lowest BCUT2D eigenvalue weighted by molar-refractivity contribution is -0.140. The third-order valence-corrected chi connectivity index (χ3v) is 6.31. The quantitative estimate of drug-likeness (QED) is 0.138. The highest BCUT2D eigenvalue weighted by Crippen LogP contribution is 2.43. The number of carbonyl (C=O) groups excluding carboxylic acids is 2. The maximum atomic E-state index is 13.3. The molecule has 0 saturated carbocycles. The molecule has 8 nitrogen and oxygen atoms in total. The largest absolute Gasteiger partial charge is 0.507 e. The van der Waals surface area contributed by atoms with Gasteiger partial charge in [-0.15, -0.1) is 0 Å². The van der Waals surface area contributed by atoms with Gasteiger partial charge in [0.05, 0.1) is 44.7 Å². The number of carbonyl (C=O) groups is 2. The van der Waals surface area contributed by atoms with Gasteiger partial charge in [-0.3, -0.25) is 9.59 Å². The van der Waals surface area contributed by atoms with Gasteiger partial charge in [0.15, 0.2) is 11.5 Å². The lowest BCUT2D eigenvalue weighted by Gasteiger charge is -2.25. The summed E-state index contributed by atoms with van der Waals surface area (Å²) in [6.45, 7) is 5.27. The number of ketones is 1. The molecule has 1 aliphatic heterocycles. The molecule has 200 valence electrons. The summed E-state index contributed by atoms with van der Waals surface area (Å²) in [5, 5.41) is 11.3. The van der Waals surface area contributed by atoms with Crippen LogP contribution >= 0.6 is 0 Å². The third-order valence-electron chi connectivity index (χ3n) is 6.31. The number of ether oxygens (including phenoxy) is 3. The summed E-state index contributed by atoms with van der Waals surface area (Å²) < 4.78 is 22.5. The molecule has 3 aromatic rings. The molecule has 1 fully saturated rings. The minimum absolute atomic E-state index is 0.00881. The molecule has 8 heteroatoms. The van der Waals surface area contributed by atoms with Crippen molar-refractivity contribution in [2.24, 2.45) is 0 Å². The Balaban J connectivity index is 1.77. The van der Waals surface area contributed by atoms with E-state index in [0.717, 1.165) is 19.3 Å². The van der Waals surface area contributed by atoms with Crippen molar-refractivity contribution < 1.29 is 33.3 Å². The zero-order valence-electron chi connectivity index (χ0n) is 21.9. The van der Waals surface area contributed by atoms with Crippen molar-refractivity contribution in [3.05, 3.63) is 83.3 Å². The van der Waals surface area contributed by atoms with Gasteiger partial charge in [-0.25, -0.2) is 0 Å². The SMILES string of the molecule is CCCCOc1ccc(C2/C(=C(/O)c3ccc(OCCC)cc3)C(=O)C(=O)N2Cc2ccco2)cc1OC. The van der Waals surface area contributed by atoms with Crippen molar-refractivity contribution in [2.45, 2.75) is 45.7 Å². The summed E-state index contributed by atoms with van der Waals surface area (Å²) in [7, 11) is 1.54. The summed E-state index contributed by atoms with van der Waals surface area (Å²) in [5.41, 5.74) is 0.992. The van der Waals surface area contributed by atoms with Gasteiger partial charge in [0.1, 0.15) is 17.3 Å². The first kappa shape index (κ1) is 26.9. The number of Topliss-reactive ketones (excluding diaryl/α,β-unsaturated/α-hetero) is 1. The molecule has 1 atom stereocenters. The number of aliphatic hydroxyl groups is 1. The molecular weight excluding hydrogens is 486 g/mol. The van der Waals surface area contributed by atoms with Crippen molar-refractivity contribution in [2.75, 3.05) is 20.3 Å². The van der Waals surface area contributed by atoms with Crippen LogP contribution in [0.3, 0.4) is 0 Å². The monoisotopic (exact) mass is 519 g/mol. The van der Waals surface area contributed by atoms with Gasteiger partial charge in [-0.05, 0) is 66.9 Å². The van der Waals surface area contributed by atoms with Gasteiger partial charge >= 0.3 is 0 Å². The fourth-order valence-electron chi connectivity index (χ4n) is 4.34. The summed E-state index contributed by atoms with van der Waals surface area (Å²) in [5.74, 6) is 0.447. The Kier molecular flexibility index (Phi) is 8.73. The van der Waals surface area contributed by atoms with E-state index in [-0.39, 0.29) is 17.9 Å². The summed E-state index contributed by atoms with van der Waals surface area (Å²) in [6.07, 6.45) is 4.27. The molecule has 2 aromatic carbocycles. The van der Waals surface area contributed by atoms with Crippen LogP contribution in [0.5, 0.6) is 17.2 Å². The van der Waals surface area contributed by atoms with Crippen LogP contribution in [0.4, 0.5) is 0 Å². The van der Waals surface area contributed by atoms with Crippen LogP contribution in [0.1, 0.15) is 56.0 Å². The van der Waals surface area contributed by atoms with E-state index in [4.69, 9.17) is 18.6 Å². The van der Waals surface area contributed by atoms with E-state index in [9.17, 15) is 14.7 Å². The first-order valence-corrected chi connectivity index (χ1v) is 12.8. The lowest BCUT2D eigenvalue weighted by Crippen LogP contribution is -2.29. The van der Waals surface area contributed by atoms with E-state index in [0.29, 0.717) is 47.3 Å².